The van der Waals surface area contributed by atoms with Gasteiger partial charge in [-0.15, -0.1) is 0 Å². The molecule has 0 amide bonds. The van der Waals surface area contributed by atoms with Crippen LogP contribution in [-0.4, -0.2) is 30.6 Å². The summed E-state index contributed by atoms with van der Waals surface area (Å²) < 4.78 is 75.6. The Morgan fingerprint density at radius 2 is 1.70 bits per heavy atom. The van der Waals surface area contributed by atoms with Gasteiger partial charge < -0.3 is 9.29 Å². The highest BCUT2D eigenvalue weighted by Crippen LogP contribution is 2.32. The van der Waals surface area contributed by atoms with Crippen molar-refractivity contribution in [3.05, 3.63) is 89.0 Å². The average molecular weight is 568 g/mol. The van der Waals surface area contributed by atoms with Crippen molar-refractivity contribution in [2.75, 3.05) is 16.7 Å². The number of anilines is 1. The Labute approximate surface area is 224 Å². The summed E-state index contributed by atoms with van der Waals surface area (Å²) >= 11 is 4.91. The quantitative estimate of drug-likeness (QED) is 0.263. The third kappa shape index (κ3) is 6.96. The number of hydrogen-bond donors (Lipinski definition) is 0. The lowest BCUT2D eigenvalue weighted by Crippen LogP contribution is -2.32. The Hall–Kier alpha value is -2.33. The molecule has 0 heterocycles. The van der Waals surface area contributed by atoms with E-state index in [1.807, 2.05) is 0 Å². The monoisotopic (exact) mass is 567 g/mol. The number of rotatable bonds is 10. The molecule has 3 aromatic rings. The lowest BCUT2D eigenvalue weighted by molar-refractivity contribution is 0.336. The first kappa shape index (κ1) is 27.7. The lowest BCUT2D eigenvalue weighted by atomic mass is 10.0. The number of sulfonamides is 1. The number of nitrogens with zero attached hydrogens (tertiary/aromatic N) is 1. The molecule has 4 rings (SSSR count). The van der Waals surface area contributed by atoms with Crippen molar-refractivity contribution in [3.63, 3.8) is 0 Å². The molecule has 0 N–H and O–H groups in total. The zero-order valence-electron chi connectivity index (χ0n) is 20.1. The van der Waals surface area contributed by atoms with Crippen LogP contribution in [0.25, 0.3) is 0 Å². The molecule has 0 spiro atoms. The van der Waals surface area contributed by atoms with Crippen LogP contribution in [0.3, 0.4) is 0 Å². The largest absolute Gasteiger partial charge is 0.616 e. The van der Waals surface area contributed by atoms with Crippen molar-refractivity contribution in [1.29, 1.82) is 0 Å². The van der Waals surface area contributed by atoms with E-state index >= 15 is 0 Å². The molecule has 10 heteroatoms. The van der Waals surface area contributed by atoms with Crippen molar-refractivity contribution < 1.29 is 26.5 Å². The first-order valence-electron chi connectivity index (χ1n) is 12.1. The van der Waals surface area contributed by atoms with Gasteiger partial charge in [0.15, 0.2) is 0 Å². The Morgan fingerprint density at radius 3 is 2.43 bits per heavy atom. The summed E-state index contributed by atoms with van der Waals surface area (Å²) in [6.07, 6.45) is 5.28. The van der Waals surface area contributed by atoms with Crippen LogP contribution in [0, 0.1) is 11.6 Å². The third-order valence-corrected chi connectivity index (χ3v) is 10.1. The van der Waals surface area contributed by atoms with Crippen molar-refractivity contribution in [2.24, 2.45) is 0 Å². The molecule has 1 aliphatic carbocycles. The van der Waals surface area contributed by atoms with Crippen LogP contribution >= 0.6 is 11.6 Å². The van der Waals surface area contributed by atoms with Crippen molar-refractivity contribution in [2.45, 2.75) is 48.8 Å². The zero-order valence-corrected chi connectivity index (χ0v) is 22.5. The van der Waals surface area contributed by atoms with Gasteiger partial charge in [-0.1, -0.05) is 36.2 Å². The summed E-state index contributed by atoms with van der Waals surface area (Å²) in [4.78, 5) is -0.123. The van der Waals surface area contributed by atoms with Gasteiger partial charge in [0.25, 0.3) is 10.0 Å². The van der Waals surface area contributed by atoms with Gasteiger partial charge in [-0.25, -0.2) is 17.2 Å². The van der Waals surface area contributed by atoms with E-state index in [-0.39, 0.29) is 23.3 Å². The van der Waals surface area contributed by atoms with E-state index in [1.165, 1.54) is 30.7 Å². The Kier molecular flexibility index (Phi) is 9.34. The maximum Gasteiger partial charge on any atom is 0.264 e. The highest BCUT2D eigenvalue weighted by molar-refractivity contribution is 7.92. The molecule has 0 saturated heterocycles. The summed E-state index contributed by atoms with van der Waals surface area (Å²) in [5.74, 6) is -0.913. The maximum atomic E-state index is 14.8. The zero-order chi connectivity index (χ0) is 26.4. The summed E-state index contributed by atoms with van der Waals surface area (Å²) in [7, 11) is -4.31. The van der Waals surface area contributed by atoms with Crippen LogP contribution < -0.4 is 9.04 Å². The van der Waals surface area contributed by atoms with Crippen LogP contribution in [0.5, 0.6) is 5.75 Å². The molecule has 3 aromatic carbocycles. The van der Waals surface area contributed by atoms with Gasteiger partial charge in [0.05, 0.1) is 17.1 Å². The van der Waals surface area contributed by atoms with Gasteiger partial charge in [0.2, 0.25) is 0 Å². The van der Waals surface area contributed by atoms with Gasteiger partial charge >= 0.3 is 0 Å². The second-order valence-corrected chi connectivity index (χ2v) is 13.0. The molecule has 1 fully saturated rings. The van der Waals surface area contributed by atoms with E-state index in [4.69, 9.17) is 16.3 Å². The minimum atomic E-state index is -4.31. The molecular formula is C27H28ClF2NO4S2. The molecule has 0 aliphatic heterocycles. The van der Waals surface area contributed by atoms with Gasteiger partial charge in [0.1, 0.15) is 35.0 Å². The summed E-state index contributed by atoms with van der Waals surface area (Å²) in [5, 5.41) is 0.523. The van der Waals surface area contributed by atoms with E-state index in [2.05, 4.69) is 0 Å². The topological polar surface area (TPSA) is 69.7 Å². The first-order valence-corrected chi connectivity index (χ1v) is 15.3. The smallest absolute Gasteiger partial charge is 0.264 e. The van der Waals surface area contributed by atoms with Crippen molar-refractivity contribution in [1.82, 2.24) is 0 Å². The highest BCUT2D eigenvalue weighted by atomic mass is 35.5. The second-order valence-electron chi connectivity index (χ2n) is 8.86. The van der Waals surface area contributed by atoms with Crippen molar-refractivity contribution in [3.8, 4) is 5.75 Å². The normalized spacial score (nSPS) is 15.4. The lowest BCUT2D eigenvalue weighted by Gasteiger charge is -2.27. The number of benzene rings is 3. The van der Waals surface area contributed by atoms with E-state index < -0.39 is 38.5 Å². The molecule has 1 saturated carbocycles. The molecule has 1 atom stereocenters. The Bertz CT molecular complexity index is 1300. The molecule has 5 nitrogen and oxygen atoms in total. The maximum absolute atomic E-state index is 14.8. The highest BCUT2D eigenvalue weighted by Gasteiger charge is 2.29. The first-order chi connectivity index (χ1) is 17.8. The van der Waals surface area contributed by atoms with Gasteiger partial charge in [-0.3, -0.25) is 4.31 Å². The fourth-order valence-corrected chi connectivity index (χ4v) is 7.38. The Morgan fingerprint density at radius 1 is 1.00 bits per heavy atom. The predicted molar refractivity (Wildman–Crippen MR) is 143 cm³/mol. The minimum absolute atomic E-state index is 0.123. The van der Waals surface area contributed by atoms with Crippen LogP contribution in [0.4, 0.5) is 14.5 Å². The van der Waals surface area contributed by atoms with E-state index in [0.717, 1.165) is 48.2 Å². The van der Waals surface area contributed by atoms with Crippen LogP contribution in [0.15, 0.2) is 71.6 Å². The van der Waals surface area contributed by atoms with E-state index in [1.54, 1.807) is 24.3 Å². The molecule has 1 unspecified atom stereocenters. The number of para-hydroxylation sites is 1. The average Bonchev–Trinajstić information content (AvgIpc) is 2.90. The van der Waals surface area contributed by atoms with Crippen LogP contribution in [-0.2, 0) is 27.7 Å². The van der Waals surface area contributed by atoms with Crippen LogP contribution in [0.1, 0.15) is 37.7 Å². The van der Waals surface area contributed by atoms with Gasteiger partial charge in [0, 0.05) is 16.7 Å². The fourth-order valence-electron chi connectivity index (χ4n) is 4.37. The number of halogens is 3. The molecule has 0 radical (unpaired) electrons. The van der Waals surface area contributed by atoms with E-state index in [9.17, 15) is 21.8 Å². The standard InChI is InChI=1S/C27H28ClF2NO4S2/c28-21-10-13-24(14-11-21)37(33,34)31(26-18-22(29)12-15-25(26)30)19-20-6-4-5-9-27(20)35-16-17-36(32)23-7-2-1-3-8-23/h4-6,9-15,18,23H,1-3,7-8,16-17,19H2. The number of ether oxygens (including phenoxy) is 1. The molecular weight excluding hydrogens is 540 g/mol. The van der Waals surface area contributed by atoms with Gasteiger partial charge in [-0.05, 0) is 79.3 Å². The molecule has 37 heavy (non-hydrogen) atoms. The second kappa shape index (κ2) is 12.5. The van der Waals surface area contributed by atoms with Crippen molar-refractivity contribution >= 4 is 38.5 Å². The molecule has 198 valence electrons. The predicted octanol–water partition coefficient (Wildman–Crippen LogP) is 6.47. The fraction of sp³-hybridized carbons (Fsp3) is 0.333. The summed E-state index contributed by atoms with van der Waals surface area (Å²) in [6.45, 7) is -0.119. The molecule has 0 aromatic heterocycles. The summed E-state index contributed by atoms with van der Waals surface area (Å²) in [6, 6.07) is 14.9. The molecule has 1 aliphatic rings. The Balaban J connectivity index is 1.59. The third-order valence-electron chi connectivity index (χ3n) is 6.33. The minimum Gasteiger partial charge on any atom is -0.616 e. The van der Waals surface area contributed by atoms with Crippen LogP contribution in [0.2, 0.25) is 5.02 Å². The number of hydrogen-bond acceptors (Lipinski definition) is 4. The van der Waals surface area contributed by atoms with Gasteiger partial charge in [-0.2, -0.15) is 0 Å². The SMILES string of the molecule is O=S(=O)(c1ccc(Cl)cc1)N(Cc1ccccc1OCC[S+]([O-])C1CCCCC1)c1cc(F)ccc1F. The molecule has 0 bridgehead atoms. The van der Waals surface area contributed by atoms with E-state index in [0.29, 0.717) is 22.1 Å². The summed E-state index contributed by atoms with van der Waals surface area (Å²) in [5.41, 5.74) is 0.0234.